The molecule has 2 rings (SSSR count). The van der Waals surface area contributed by atoms with Crippen LogP contribution in [0.2, 0.25) is 0 Å². The van der Waals surface area contributed by atoms with Crippen LogP contribution in [-0.4, -0.2) is 36.9 Å². The zero-order valence-corrected chi connectivity index (χ0v) is 16.2. The molecule has 0 spiro atoms. The van der Waals surface area contributed by atoms with Crippen molar-refractivity contribution in [2.24, 2.45) is 0 Å². The number of aryl methyl sites for hydroxylation is 2. The van der Waals surface area contributed by atoms with E-state index in [0.717, 1.165) is 22.4 Å². The van der Waals surface area contributed by atoms with Crippen LogP contribution in [0.5, 0.6) is 0 Å². The number of hydrogen-bond acceptors (Lipinski definition) is 3. The molecule has 0 radical (unpaired) electrons. The van der Waals surface area contributed by atoms with E-state index in [1.54, 1.807) is 24.1 Å². The molecule has 1 atom stereocenters. The number of likely N-dealkylation sites (N-methyl/N-ethyl adjacent to an activating group) is 1. The molecule has 6 heteroatoms. The Morgan fingerprint density at radius 1 is 1.00 bits per heavy atom. The van der Waals surface area contributed by atoms with E-state index in [9.17, 15) is 14.0 Å². The summed E-state index contributed by atoms with van der Waals surface area (Å²) in [5, 5.41) is 5.76. The highest BCUT2D eigenvalue weighted by molar-refractivity contribution is 5.94. The van der Waals surface area contributed by atoms with Gasteiger partial charge in [0, 0.05) is 5.69 Å². The van der Waals surface area contributed by atoms with E-state index >= 15 is 0 Å². The Balaban J connectivity index is 1.83. The Morgan fingerprint density at radius 3 is 2.15 bits per heavy atom. The van der Waals surface area contributed by atoms with Gasteiger partial charge in [-0.1, -0.05) is 30.3 Å². The monoisotopic (exact) mass is 371 g/mol. The van der Waals surface area contributed by atoms with Gasteiger partial charge in [0.15, 0.2) is 0 Å². The summed E-state index contributed by atoms with van der Waals surface area (Å²) in [6.07, 6.45) is 0. The average molecular weight is 371 g/mol. The summed E-state index contributed by atoms with van der Waals surface area (Å²) >= 11 is 0. The first-order valence-corrected chi connectivity index (χ1v) is 8.85. The second-order valence-corrected chi connectivity index (χ2v) is 6.83. The number of hydrogen-bond donors (Lipinski definition) is 2. The lowest BCUT2D eigenvalue weighted by Gasteiger charge is -2.19. The summed E-state index contributed by atoms with van der Waals surface area (Å²) in [6.45, 7) is 5.91. The molecule has 0 aliphatic heterocycles. The van der Waals surface area contributed by atoms with E-state index in [0.29, 0.717) is 0 Å². The SMILES string of the molecule is Cc1cccc(C)c1NC(=O)CN(C)CC(=O)NC(C)c1ccc(F)cc1. The first kappa shape index (κ1) is 20.6. The van der Waals surface area contributed by atoms with E-state index in [2.05, 4.69) is 10.6 Å². The van der Waals surface area contributed by atoms with Crippen LogP contribution in [0.1, 0.15) is 29.7 Å². The summed E-state index contributed by atoms with van der Waals surface area (Å²) in [5.41, 5.74) is 3.62. The minimum atomic E-state index is -0.313. The number of carbonyl (C=O) groups excluding carboxylic acids is 2. The number of carbonyl (C=O) groups is 2. The fourth-order valence-corrected chi connectivity index (χ4v) is 2.86. The molecule has 1 unspecified atom stereocenters. The first-order valence-electron chi connectivity index (χ1n) is 8.85. The molecule has 0 bridgehead atoms. The van der Waals surface area contributed by atoms with Gasteiger partial charge in [0.05, 0.1) is 19.1 Å². The van der Waals surface area contributed by atoms with E-state index in [1.807, 2.05) is 39.0 Å². The molecule has 2 aromatic carbocycles. The van der Waals surface area contributed by atoms with Gasteiger partial charge in [-0.3, -0.25) is 14.5 Å². The normalized spacial score (nSPS) is 11.9. The maximum Gasteiger partial charge on any atom is 0.238 e. The van der Waals surface area contributed by atoms with E-state index < -0.39 is 0 Å². The predicted molar refractivity (Wildman–Crippen MR) is 105 cm³/mol. The number of halogens is 1. The first-order chi connectivity index (χ1) is 12.8. The highest BCUT2D eigenvalue weighted by Crippen LogP contribution is 2.19. The van der Waals surface area contributed by atoms with E-state index in [4.69, 9.17) is 0 Å². The molecule has 2 N–H and O–H groups in total. The van der Waals surface area contributed by atoms with Crippen LogP contribution < -0.4 is 10.6 Å². The average Bonchev–Trinajstić information content (AvgIpc) is 2.58. The Kier molecular flexibility index (Phi) is 7.07. The Labute approximate surface area is 159 Å². The van der Waals surface area contributed by atoms with Gasteiger partial charge in [0.25, 0.3) is 0 Å². The highest BCUT2D eigenvalue weighted by Gasteiger charge is 2.15. The zero-order chi connectivity index (χ0) is 20.0. The van der Waals surface area contributed by atoms with Crippen molar-refractivity contribution < 1.29 is 14.0 Å². The molecule has 0 saturated carbocycles. The maximum absolute atomic E-state index is 13.0. The van der Waals surface area contributed by atoms with Gasteiger partial charge in [-0.25, -0.2) is 4.39 Å². The maximum atomic E-state index is 13.0. The van der Waals surface area contributed by atoms with Crippen molar-refractivity contribution in [3.05, 3.63) is 65.0 Å². The van der Waals surface area contributed by atoms with Crippen LogP contribution in [0, 0.1) is 19.7 Å². The summed E-state index contributed by atoms with van der Waals surface area (Å²) in [4.78, 5) is 26.1. The minimum Gasteiger partial charge on any atom is -0.348 e. The summed E-state index contributed by atoms with van der Waals surface area (Å²) in [7, 11) is 1.71. The third kappa shape index (κ3) is 6.18. The molecule has 5 nitrogen and oxygen atoms in total. The van der Waals surface area contributed by atoms with E-state index in [-0.39, 0.29) is 36.8 Å². The molecule has 0 saturated heterocycles. The van der Waals surface area contributed by atoms with Crippen LogP contribution >= 0.6 is 0 Å². The summed E-state index contributed by atoms with van der Waals surface area (Å²) in [5.74, 6) is -0.685. The number of anilines is 1. The fraction of sp³-hybridized carbons (Fsp3) is 0.333. The van der Waals surface area contributed by atoms with Gasteiger partial charge in [0.2, 0.25) is 11.8 Å². The number of rotatable bonds is 7. The minimum absolute atomic E-state index is 0.0890. The second-order valence-electron chi connectivity index (χ2n) is 6.83. The summed E-state index contributed by atoms with van der Waals surface area (Å²) in [6, 6.07) is 11.6. The number of nitrogens with one attached hydrogen (secondary N) is 2. The standard InChI is InChI=1S/C21H26FN3O2/c1-14-6-5-7-15(2)21(14)24-20(27)13-25(4)12-19(26)23-16(3)17-8-10-18(22)11-9-17/h5-11,16H,12-13H2,1-4H3,(H,23,26)(H,24,27). The molecule has 0 aromatic heterocycles. The van der Waals surface area contributed by atoms with Crippen LogP contribution in [0.25, 0.3) is 0 Å². The third-order valence-electron chi connectivity index (χ3n) is 4.32. The van der Waals surface area contributed by atoms with Crippen molar-refractivity contribution in [3.8, 4) is 0 Å². The lowest BCUT2D eigenvalue weighted by molar-refractivity contribution is -0.123. The highest BCUT2D eigenvalue weighted by atomic mass is 19.1. The molecule has 2 amide bonds. The topological polar surface area (TPSA) is 61.4 Å². The quantitative estimate of drug-likeness (QED) is 0.786. The van der Waals surface area contributed by atoms with Gasteiger partial charge in [-0.05, 0) is 56.6 Å². The Hall–Kier alpha value is -2.73. The summed E-state index contributed by atoms with van der Waals surface area (Å²) < 4.78 is 13.0. The van der Waals surface area contributed by atoms with Crippen molar-refractivity contribution in [3.63, 3.8) is 0 Å². The molecular weight excluding hydrogens is 345 g/mol. The molecule has 2 aromatic rings. The largest absolute Gasteiger partial charge is 0.348 e. The Morgan fingerprint density at radius 2 is 1.56 bits per heavy atom. The third-order valence-corrected chi connectivity index (χ3v) is 4.32. The van der Waals surface area contributed by atoms with Crippen LogP contribution in [0.3, 0.4) is 0 Å². The van der Waals surface area contributed by atoms with Crippen molar-refractivity contribution in [1.82, 2.24) is 10.2 Å². The van der Waals surface area contributed by atoms with Crippen molar-refractivity contribution in [1.29, 1.82) is 0 Å². The van der Waals surface area contributed by atoms with E-state index in [1.165, 1.54) is 12.1 Å². The predicted octanol–water partition coefficient (Wildman–Crippen LogP) is 3.19. The van der Waals surface area contributed by atoms with Gasteiger partial charge in [-0.15, -0.1) is 0 Å². The number of benzene rings is 2. The second kappa shape index (κ2) is 9.28. The lowest BCUT2D eigenvalue weighted by Crippen LogP contribution is -2.39. The number of nitrogens with zero attached hydrogens (tertiary/aromatic N) is 1. The van der Waals surface area contributed by atoms with Gasteiger partial charge >= 0.3 is 0 Å². The van der Waals surface area contributed by atoms with Gasteiger partial charge in [0.1, 0.15) is 5.82 Å². The molecule has 0 aliphatic rings. The number of amides is 2. The van der Waals surface area contributed by atoms with Crippen LogP contribution in [-0.2, 0) is 9.59 Å². The van der Waals surface area contributed by atoms with Crippen molar-refractivity contribution in [2.75, 3.05) is 25.5 Å². The molecular formula is C21H26FN3O2. The van der Waals surface area contributed by atoms with Crippen LogP contribution in [0.4, 0.5) is 10.1 Å². The lowest BCUT2D eigenvalue weighted by atomic mass is 10.1. The molecule has 144 valence electrons. The zero-order valence-electron chi connectivity index (χ0n) is 16.2. The fourth-order valence-electron chi connectivity index (χ4n) is 2.86. The van der Waals surface area contributed by atoms with Crippen LogP contribution in [0.15, 0.2) is 42.5 Å². The number of para-hydroxylation sites is 1. The Bertz CT molecular complexity index is 785. The van der Waals surface area contributed by atoms with Crippen molar-refractivity contribution in [2.45, 2.75) is 26.8 Å². The van der Waals surface area contributed by atoms with Gasteiger partial charge in [-0.2, -0.15) is 0 Å². The molecule has 27 heavy (non-hydrogen) atoms. The van der Waals surface area contributed by atoms with Crippen molar-refractivity contribution >= 4 is 17.5 Å². The molecule has 0 heterocycles. The molecule has 0 aliphatic carbocycles. The van der Waals surface area contributed by atoms with Gasteiger partial charge < -0.3 is 10.6 Å². The smallest absolute Gasteiger partial charge is 0.238 e. The molecule has 0 fully saturated rings.